The van der Waals surface area contributed by atoms with Gasteiger partial charge >= 0.3 is 0 Å². The van der Waals surface area contributed by atoms with Gasteiger partial charge in [-0.15, -0.1) is 0 Å². The molecule has 0 unspecified atom stereocenters. The summed E-state index contributed by atoms with van der Waals surface area (Å²) in [5, 5.41) is 0. The highest BCUT2D eigenvalue weighted by molar-refractivity contribution is 5.48. The van der Waals surface area contributed by atoms with Crippen molar-refractivity contribution in [2.45, 2.75) is 0 Å². The lowest BCUT2D eigenvalue weighted by atomic mass is 10.2. The van der Waals surface area contributed by atoms with Gasteiger partial charge in [-0.1, -0.05) is 42.5 Å². The third kappa shape index (κ3) is 2.36. The Labute approximate surface area is 84.7 Å². The van der Waals surface area contributed by atoms with E-state index in [0.717, 1.165) is 6.54 Å². The molecule has 0 atom stereocenters. The summed E-state index contributed by atoms with van der Waals surface area (Å²) in [6, 6.07) is 10.3. The van der Waals surface area contributed by atoms with Crippen LogP contribution in [0.25, 0.3) is 6.08 Å². The van der Waals surface area contributed by atoms with Crippen molar-refractivity contribution in [3.63, 3.8) is 0 Å². The second-order valence-corrected chi connectivity index (χ2v) is 3.19. The van der Waals surface area contributed by atoms with Crippen molar-refractivity contribution < 1.29 is 0 Å². The van der Waals surface area contributed by atoms with Gasteiger partial charge in [-0.3, -0.25) is 0 Å². The average Bonchev–Trinajstić information content (AvgIpc) is 2.29. The lowest BCUT2D eigenvalue weighted by molar-refractivity contribution is 0.563. The molecule has 0 radical (unpaired) electrons. The Kier molecular flexibility index (Phi) is 2.82. The van der Waals surface area contributed by atoms with Gasteiger partial charge in [0.15, 0.2) is 0 Å². The normalized spacial score (nSPS) is 15.3. The smallest absolute Gasteiger partial charge is 0.0403 e. The van der Waals surface area contributed by atoms with Crippen LogP contribution in [0.4, 0.5) is 0 Å². The molecule has 0 aliphatic carbocycles. The number of benzene rings is 1. The molecule has 0 amide bonds. The fourth-order valence-electron chi connectivity index (χ4n) is 1.34. The molecule has 0 aromatic heterocycles. The van der Waals surface area contributed by atoms with Gasteiger partial charge in [0.1, 0.15) is 0 Å². The predicted octanol–water partition coefficient (Wildman–Crippen LogP) is 3.04. The van der Waals surface area contributed by atoms with Crippen molar-refractivity contribution in [3.05, 3.63) is 66.5 Å². The van der Waals surface area contributed by atoms with Crippen molar-refractivity contribution >= 4 is 6.08 Å². The molecule has 0 spiro atoms. The topological polar surface area (TPSA) is 3.24 Å². The van der Waals surface area contributed by atoms with Gasteiger partial charge in [0, 0.05) is 18.9 Å². The van der Waals surface area contributed by atoms with Gasteiger partial charge in [0.05, 0.1) is 0 Å². The maximum Gasteiger partial charge on any atom is 0.0403 e. The van der Waals surface area contributed by atoms with Crippen molar-refractivity contribution in [2.75, 3.05) is 6.54 Å². The van der Waals surface area contributed by atoms with Gasteiger partial charge in [-0.2, -0.15) is 0 Å². The fraction of sp³-hybridized carbons (Fsp3) is 0.0769. The van der Waals surface area contributed by atoms with E-state index in [0.29, 0.717) is 0 Å². The summed E-state index contributed by atoms with van der Waals surface area (Å²) >= 11 is 0. The Morgan fingerprint density at radius 1 is 1.07 bits per heavy atom. The van der Waals surface area contributed by atoms with E-state index in [1.807, 2.05) is 24.3 Å². The molecule has 0 bridgehead atoms. The number of hydrogen-bond donors (Lipinski definition) is 0. The minimum Gasteiger partial charge on any atom is -0.350 e. The van der Waals surface area contributed by atoms with Gasteiger partial charge in [0.2, 0.25) is 0 Å². The summed E-state index contributed by atoms with van der Waals surface area (Å²) in [6.45, 7) is 0.958. The van der Waals surface area contributed by atoms with Crippen LogP contribution in [0.3, 0.4) is 0 Å². The van der Waals surface area contributed by atoms with Crippen molar-refractivity contribution in [2.24, 2.45) is 0 Å². The quantitative estimate of drug-likeness (QED) is 0.681. The highest BCUT2D eigenvalue weighted by Crippen LogP contribution is 2.04. The molecule has 2 rings (SSSR count). The van der Waals surface area contributed by atoms with Crippen LogP contribution in [0.5, 0.6) is 0 Å². The van der Waals surface area contributed by atoms with Crippen LogP contribution in [-0.2, 0) is 0 Å². The fourth-order valence-corrected chi connectivity index (χ4v) is 1.34. The first kappa shape index (κ1) is 8.82. The van der Waals surface area contributed by atoms with Crippen LogP contribution in [0.1, 0.15) is 5.56 Å². The molecule has 14 heavy (non-hydrogen) atoms. The molecule has 70 valence electrons. The Bertz CT molecular complexity index is 360. The average molecular weight is 183 g/mol. The van der Waals surface area contributed by atoms with Gasteiger partial charge < -0.3 is 4.90 Å². The maximum absolute atomic E-state index is 2.15. The minimum absolute atomic E-state index is 0.958. The lowest BCUT2D eigenvalue weighted by Gasteiger charge is -2.14. The molecule has 0 N–H and O–H groups in total. The zero-order valence-corrected chi connectivity index (χ0v) is 8.01. The van der Waals surface area contributed by atoms with Crippen molar-refractivity contribution in [1.82, 2.24) is 4.90 Å². The predicted molar refractivity (Wildman–Crippen MR) is 60.5 cm³/mol. The Morgan fingerprint density at radius 2 is 1.93 bits per heavy atom. The molecule has 1 aliphatic heterocycles. The number of rotatable bonds is 2. The van der Waals surface area contributed by atoms with Crippen LogP contribution in [0.15, 0.2) is 61.0 Å². The molecule has 0 saturated heterocycles. The third-order valence-corrected chi connectivity index (χ3v) is 2.10. The van der Waals surface area contributed by atoms with Gasteiger partial charge in [-0.05, 0) is 17.7 Å². The zero-order chi connectivity index (χ0) is 9.64. The second-order valence-electron chi connectivity index (χ2n) is 3.19. The molecular formula is C13H13N. The molecule has 1 heteroatoms. The van der Waals surface area contributed by atoms with Crippen molar-refractivity contribution in [3.8, 4) is 0 Å². The first-order valence-corrected chi connectivity index (χ1v) is 4.77. The highest BCUT2D eigenvalue weighted by Gasteiger charge is 1.92. The number of nitrogens with zero attached hydrogens (tertiary/aromatic N) is 1. The van der Waals surface area contributed by atoms with Gasteiger partial charge in [0.25, 0.3) is 0 Å². The van der Waals surface area contributed by atoms with Crippen LogP contribution in [0, 0.1) is 0 Å². The second kappa shape index (κ2) is 4.47. The molecule has 1 aliphatic rings. The van der Waals surface area contributed by atoms with Crippen LogP contribution >= 0.6 is 0 Å². The van der Waals surface area contributed by atoms with Crippen LogP contribution < -0.4 is 0 Å². The van der Waals surface area contributed by atoms with E-state index in [1.54, 1.807) is 0 Å². The molecule has 1 heterocycles. The van der Waals surface area contributed by atoms with E-state index in [2.05, 4.69) is 47.7 Å². The molecule has 1 aromatic rings. The van der Waals surface area contributed by atoms with Crippen LogP contribution in [0.2, 0.25) is 0 Å². The van der Waals surface area contributed by atoms with E-state index in [4.69, 9.17) is 0 Å². The number of hydrogen-bond acceptors (Lipinski definition) is 1. The first-order valence-electron chi connectivity index (χ1n) is 4.77. The first-order chi connectivity index (χ1) is 6.95. The van der Waals surface area contributed by atoms with E-state index in [9.17, 15) is 0 Å². The minimum atomic E-state index is 0.958. The molecule has 0 fully saturated rings. The highest BCUT2D eigenvalue weighted by atomic mass is 15.1. The van der Waals surface area contributed by atoms with E-state index in [1.165, 1.54) is 5.56 Å². The third-order valence-electron chi connectivity index (χ3n) is 2.10. The molecule has 1 aromatic carbocycles. The zero-order valence-electron chi connectivity index (χ0n) is 8.01. The van der Waals surface area contributed by atoms with E-state index in [-0.39, 0.29) is 0 Å². The largest absolute Gasteiger partial charge is 0.350 e. The summed E-state index contributed by atoms with van der Waals surface area (Å²) in [5.41, 5.74) is 1.23. The summed E-state index contributed by atoms with van der Waals surface area (Å²) in [7, 11) is 0. The summed E-state index contributed by atoms with van der Waals surface area (Å²) in [6.07, 6.45) is 12.5. The Balaban J connectivity index is 2.01. The monoisotopic (exact) mass is 183 g/mol. The summed E-state index contributed by atoms with van der Waals surface area (Å²) in [5.74, 6) is 0. The summed E-state index contributed by atoms with van der Waals surface area (Å²) in [4.78, 5) is 2.15. The maximum atomic E-state index is 2.15. The van der Waals surface area contributed by atoms with E-state index >= 15 is 0 Å². The SMILES string of the molecule is C1=CCN(/C=C/c2ccccc2)C=C1. The molecular weight excluding hydrogens is 170 g/mol. The van der Waals surface area contributed by atoms with Crippen molar-refractivity contribution in [1.29, 1.82) is 0 Å². The Morgan fingerprint density at radius 3 is 2.64 bits per heavy atom. The van der Waals surface area contributed by atoms with E-state index < -0.39 is 0 Å². The lowest BCUT2D eigenvalue weighted by Crippen LogP contribution is -2.10. The molecule has 0 saturated carbocycles. The standard InChI is InChI=1S/C13H13N/c1-3-7-13(8-4-1)9-12-14-10-5-2-6-11-14/h1-10,12H,11H2/b12-9+. The Hall–Kier alpha value is -1.76. The van der Waals surface area contributed by atoms with Crippen LogP contribution in [-0.4, -0.2) is 11.4 Å². The summed E-state index contributed by atoms with van der Waals surface area (Å²) < 4.78 is 0. The molecule has 1 nitrogen and oxygen atoms in total. The van der Waals surface area contributed by atoms with Gasteiger partial charge in [-0.25, -0.2) is 0 Å². The number of allylic oxidation sites excluding steroid dienone is 2.